The second kappa shape index (κ2) is 12.3. The lowest BCUT2D eigenvalue weighted by Gasteiger charge is -2.20. The van der Waals surface area contributed by atoms with Crippen molar-refractivity contribution in [2.45, 2.75) is 33.2 Å². The highest BCUT2D eigenvalue weighted by atomic mass is 16.5. The SMILES string of the molecule is CCNC(C)C(C)CCOCCOCCOC. The van der Waals surface area contributed by atoms with Gasteiger partial charge in [-0.05, 0) is 25.8 Å². The fraction of sp³-hybridized carbons (Fsp3) is 1.00. The van der Waals surface area contributed by atoms with Gasteiger partial charge in [0.1, 0.15) is 0 Å². The molecule has 0 fully saturated rings. The molecule has 0 aromatic carbocycles. The molecule has 0 saturated carbocycles. The zero-order valence-corrected chi connectivity index (χ0v) is 11.8. The molecule has 0 spiro atoms. The molecular weight excluding hydrogens is 218 g/mol. The lowest BCUT2D eigenvalue weighted by Crippen LogP contribution is -2.32. The van der Waals surface area contributed by atoms with E-state index in [1.807, 2.05) is 0 Å². The molecule has 0 rings (SSSR count). The minimum absolute atomic E-state index is 0.557. The second-order valence-electron chi connectivity index (χ2n) is 4.33. The zero-order chi connectivity index (χ0) is 12.9. The summed E-state index contributed by atoms with van der Waals surface area (Å²) in [6.45, 7) is 11.1. The van der Waals surface area contributed by atoms with Gasteiger partial charge in [0.25, 0.3) is 0 Å². The summed E-state index contributed by atoms with van der Waals surface area (Å²) in [5.74, 6) is 0.643. The van der Waals surface area contributed by atoms with Crippen molar-refractivity contribution in [3.05, 3.63) is 0 Å². The molecule has 0 radical (unpaired) electrons. The van der Waals surface area contributed by atoms with Gasteiger partial charge in [-0.15, -0.1) is 0 Å². The van der Waals surface area contributed by atoms with Crippen LogP contribution in [0.15, 0.2) is 0 Å². The van der Waals surface area contributed by atoms with E-state index in [-0.39, 0.29) is 0 Å². The fourth-order valence-corrected chi connectivity index (χ4v) is 1.51. The van der Waals surface area contributed by atoms with Gasteiger partial charge in [-0.1, -0.05) is 13.8 Å². The van der Waals surface area contributed by atoms with E-state index in [1.165, 1.54) is 0 Å². The first-order valence-corrected chi connectivity index (χ1v) is 6.60. The molecule has 4 heteroatoms. The number of ether oxygens (including phenoxy) is 3. The Bertz CT molecular complexity index is 156. The summed E-state index contributed by atoms with van der Waals surface area (Å²) >= 11 is 0. The van der Waals surface area contributed by atoms with E-state index in [0.29, 0.717) is 38.4 Å². The van der Waals surface area contributed by atoms with Crippen LogP contribution in [0.25, 0.3) is 0 Å². The van der Waals surface area contributed by atoms with E-state index < -0.39 is 0 Å². The van der Waals surface area contributed by atoms with Gasteiger partial charge in [-0.2, -0.15) is 0 Å². The quantitative estimate of drug-likeness (QED) is 0.533. The molecule has 4 nitrogen and oxygen atoms in total. The standard InChI is InChI=1S/C13H29NO3/c1-5-14-13(3)12(2)6-7-16-10-11-17-9-8-15-4/h12-14H,5-11H2,1-4H3. The molecule has 0 saturated heterocycles. The number of methoxy groups -OCH3 is 1. The average Bonchev–Trinajstić information content (AvgIpc) is 2.32. The normalized spacial score (nSPS) is 14.8. The van der Waals surface area contributed by atoms with Gasteiger partial charge < -0.3 is 19.5 Å². The summed E-state index contributed by atoms with van der Waals surface area (Å²) in [6.07, 6.45) is 1.09. The Labute approximate surface area is 106 Å². The van der Waals surface area contributed by atoms with Gasteiger partial charge in [0.05, 0.1) is 26.4 Å². The fourth-order valence-electron chi connectivity index (χ4n) is 1.51. The molecule has 0 aromatic rings. The summed E-state index contributed by atoms with van der Waals surface area (Å²) < 4.78 is 15.7. The van der Waals surface area contributed by atoms with E-state index >= 15 is 0 Å². The minimum Gasteiger partial charge on any atom is -0.382 e. The summed E-state index contributed by atoms with van der Waals surface area (Å²) in [5, 5.41) is 3.43. The van der Waals surface area contributed by atoms with Crippen molar-refractivity contribution in [3.63, 3.8) is 0 Å². The minimum atomic E-state index is 0.557. The smallest absolute Gasteiger partial charge is 0.0701 e. The Morgan fingerprint density at radius 2 is 1.53 bits per heavy atom. The predicted octanol–water partition coefficient (Wildman–Crippen LogP) is 1.69. The van der Waals surface area contributed by atoms with Crippen molar-refractivity contribution in [2.75, 3.05) is 46.7 Å². The van der Waals surface area contributed by atoms with Gasteiger partial charge in [-0.3, -0.25) is 0 Å². The molecule has 0 aliphatic rings. The van der Waals surface area contributed by atoms with Crippen LogP contribution in [0, 0.1) is 5.92 Å². The topological polar surface area (TPSA) is 39.7 Å². The molecule has 0 bridgehead atoms. The molecule has 0 heterocycles. The highest BCUT2D eigenvalue weighted by Gasteiger charge is 2.09. The van der Waals surface area contributed by atoms with Crippen molar-refractivity contribution in [3.8, 4) is 0 Å². The van der Waals surface area contributed by atoms with E-state index in [2.05, 4.69) is 26.1 Å². The molecule has 0 aliphatic heterocycles. The Balaban J connectivity index is 3.21. The monoisotopic (exact) mass is 247 g/mol. The maximum Gasteiger partial charge on any atom is 0.0701 e. The van der Waals surface area contributed by atoms with Gasteiger partial charge in [0, 0.05) is 19.8 Å². The third-order valence-corrected chi connectivity index (χ3v) is 2.90. The van der Waals surface area contributed by atoms with Crippen LogP contribution < -0.4 is 5.32 Å². The summed E-state index contributed by atoms with van der Waals surface area (Å²) in [7, 11) is 1.67. The van der Waals surface area contributed by atoms with Gasteiger partial charge in [-0.25, -0.2) is 0 Å². The molecular formula is C13H29NO3. The molecule has 0 amide bonds. The average molecular weight is 247 g/mol. The largest absolute Gasteiger partial charge is 0.382 e. The Morgan fingerprint density at radius 1 is 0.941 bits per heavy atom. The van der Waals surface area contributed by atoms with Crippen LogP contribution >= 0.6 is 0 Å². The number of hydrogen-bond acceptors (Lipinski definition) is 4. The van der Waals surface area contributed by atoms with Gasteiger partial charge in [0.15, 0.2) is 0 Å². The molecule has 1 N–H and O–H groups in total. The molecule has 2 atom stereocenters. The summed E-state index contributed by atoms with van der Waals surface area (Å²) in [4.78, 5) is 0. The van der Waals surface area contributed by atoms with E-state index in [4.69, 9.17) is 14.2 Å². The Kier molecular flexibility index (Phi) is 12.2. The molecule has 17 heavy (non-hydrogen) atoms. The van der Waals surface area contributed by atoms with Crippen molar-refractivity contribution < 1.29 is 14.2 Å². The van der Waals surface area contributed by atoms with E-state index in [9.17, 15) is 0 Å². The van der Waals surface area contributed by atoms with Gasteiger partial charge >= 0.3 is 0 Å². The maximum absolute atomic E-state index is 5.52. The highest BCUT2D eigenvalue weighted by Crippen LogP contribution is 2.07. The molecule has 2 unspecified atom stereocenters. The van der Waals surface area contributed by atoms with E-state index in [0.717, 1.165) is 19.6 Å². The van der Waals surface area contributed by atoms with Crippen LogP contribution in [0.3, 0.4) is 0 Å². The zero-order valence-electron chi connectivity index (χ0n) is 11.8. The van der Waals surface area contributed by atoms with Crippen molar-refractivity contribution in [2.24, 2.45) is 5.92 Å². The lowest BCUT2D eigenvalue weighted by molar-refractivity contribution is 0.0215. The molecule has 104 valence electrons. The summed E-state index contributed by atoms with van der Waals surface area (Å²) in [6, 6.07) is 0.557. The van der Waals surface area contributed by atoms with Crippen LogP contribution in [0.1, 0.15) is 27.2 Å². The van der Waals surface area contributed by atoms with Crippen LogP contribution in [0.5, 0.6) is 0 Å². The third-order valence-electron chi connectivity index (χ3n) is 2.90. The van der Waals surface area contributed by atoms with Crippen LogP contribution in [0.4, 0.5) is 0 Å². The van der Waals surface area contributed by atoms with Crippen molar-refractivity contribution in [1.29, 1.82) is 0 Å². The number of rotatable bonds is 12. The Hall–Kier alpha value is -0.160. The maximum atomic E-state index is 5.52. The number of nitrogens with one attached hydrogen (secondary N) is 1. The summed E-state index contributed by atoms with van der Waals surface area (Å²) in [5.41, 5.74) is 0. The first kappa shape index (κ1) is 16.8. The van der Waals surface area contributed by atoms with Crippen molar-refractivity contribution >= 4 is 0 Å². The first-order valence-electron chi connectivity index (χ1n) is 6.60. The Morgan fingerprint density at radius 3 is 2.12 bits per heavy atom. The highest BCUT2D eigenvalue weighted by molar-refractivity contribution is 4.67. The molecule has 0 aromatic heterocycles. The lowest BCUT2D eigenvalue weighted by atomic mass is 10.0. The van der Waals surface area contributed by atoms with Gasteiger partial charge in [0.2, 0.25) is 0 Å². The van der Waals surface area contributed by atoms with E-state index in [1.54, 1.807) is 7.11 Å². The third kappa shape index (κ3) is 10.7. The molecule has 0 aliphatic carbocycles. The van der Waals surface area contributed by atoms with Crippen LogP contribution in [-0.4, -0.2) is 52.7 Å². The van der Waals surface area contributed by atoms with Crippen LogP contribution in [-0.2, 0) is 14.2 Å². The second-order valence-corrected chi connectivity index (χ2v) is 4.33. The predicted molar refractivity (Wildman–Crippen MR) is 70.4 cm³/mol. The number of hydrogen-bond donors (Lipinski definition) is 1. The first-order chi connectivity index (χ1) is 8.22. The van der Waals surface area contributed by atoms with Crippen LogP contribution in [0.2, 0.25) is 0 Å². The van der Waals surface area contributed by atoms with Crippen molar-refractivity contribution in [1.82, 2.24) is 5.32 Å².